The molecule has 0 aromatic heterocycles. The van der Waals surface area contributed by atoms with Crippen LogP contribution in [0.15, 0.2) is 0 Å². The Labute approximate surface area is 88.4 Å². The van der Waals surface area contributed by atoms with Crippen molar-refractivity contribution in [3.63, 3.8) is 0 Å². The Hall–Kier alpha value is -0.0800. The van der Waals surface area contributed by atoms with Gasteiger partial charge in [-0.3, -0.25) is 0 Å². The van der Waals surface area contributed by atoms with Gasteiger partial charge < -0.3 is 10.1 Å². The van der Waals surface area contributed by atoms with Gasteiger partial charge in [0.05, 0.1) is 6.10 Å². The van der Waals surface area contributed by atoms with Crippen molar-refractivity contribution in [2.24, 2.45) is 5.92 Å². The Balaban J connectivity index is 2.27. The first kappa shape index (κ1) is 12.0. The van der Waals surface area contributed by atoms with Crippen molar-refractivity contribution in [1.82, 2.24) is 5.32 Å². The van der Waals surface area contributed by atoms with Crippen LogP contribution in [0.4, 0.5) is 0 Å². The first-order chi connectivity index (χ1) is 6.77. The Morgan fingerprint density at radius 2 is 2.14 bits per heavy atom. The molecule has 0 aromatic carbocycles. The molecule has 84 valence electrons. The third-order valence-corrected chi connectivity index (χ3v) is 3.36. The van der Waals surface area contributed by atoms with Gasteiger partial charge in [-0.25, -0.2) is 0 Å². The zero-order valence-corrected chi connectivity index (χ0v) is 9.88. The van der Waals surface area contributed by atoms with Crippen LogP contribution in [-0.2, 0) is 4.74 Å². The fraction of sp³-hybridized carbons (Fsp3) is 1.00. The molecule has 0 heterocycles. The van der Waals surface area contributed by atoms with Crippen LogP contribution in [0.5, 0.6) is 0 Å². The van der Waals surface area contributed by atoms with Crippen LogP contribution < -0.4 is 5.32 Å². The summed E-state index contributed by atoms with van der Waals surface area (Å²) >= 11 is 0. The summed E-state index contributed by atoms with van der Waals surface area (Å²) in [6.45, 7) is 5.54. The van der Waals surface area contributed by atoms with Gasteiger partial charge in [0.1, 0.15) is 0 Å². The zero-order chi connectivity index (χ0) is 10.4. The van der Waals surface area contributed by atoms with E-state index in [0.717, 1.165) is 12.5 Å². The van der Waals surface area contributed by atoms with Gasteiger partial charge in [0.15, 0.2) is 0 Å². The van der Waals surface area contributed by atoms with Crippen LogP contribution in [0.2, 0.25) is 0 Å². The van der Waals surface area contributed by atoms with Crippen LogP contribution in [0.25, 0.3) is 0 Å². The number of ether oxygens (including phenoxy) is 1. The van der Waals surface area contributed by atoms with Gasteiger partial charge in [0, 0.05) is 13.2 Å². The van der Waals surface area contributed by atoms with Gasteiger partial charge >= 0.3 is 0 Å². The second-order valence-corrected chi connectivity index (χ2v) is 4.53. The summed E-state index contributed by atoms with van der Waals surface area (Å²) in [5.41, 5.74) is 0. The molecule has 0 aromatic rings. The summed E-state index contributed by atoms with van der Waals surface area (Å²) in [6, 6.07) is 0.693. The molecule has 2 unspecified atom stereocenters. The Morgan fingerprint density at radius 3 is 2.57 bits per heavy atom. The number of nitrogens with one attached hydrogen (secondary N) is 1. The molecule has 1 fully saturated rings. The van der Waals surface area contributed by atoms with E-state index in [4.69, 9.17) is 4.74 Å². The predicted molar refractivity (Wildman–Crippen MR) is 60.5 cm³/mol. The van der Waals surface area contributed by atoms with Crippen molar-refractivity contribution in [3.05, 3.63) is 0 Å². The lowest BCUT2D eigenvalue weighted by Gasteiger charge is -2.35. The summed E-state index contributed by atoms with van der Waals surface area (Å²) < 4.78 is 5.34. The molecule has 0 aliphatic heterocycles. The first-order valence-corrected chi connectivity index (χ1v) is 6.04. The van der Waals surface area contributed by atoms with Crippen molar-refractivity contribution in [2.75, 3.05) is 13.7 Å². The minimum atomic E-state index is 0.393. The fourth-order valence-corrected chi connectivity index (χ4v) is 2.07. The highest BCUT2D eigenvalue weighted by atomic mass is 16.5. The fourth-order valence-electron chi connectivity index (χ4n) is 2.07. The van der Waals surface area contributed by atoms with Crippen LogP contribution in [-0.4, -0.2) is 25.8 Å². The van der Waals surface area contributed by atoms with E-state index < -0.39 is 0 Å². The number of methoxy groups -OCH3 is 1. The maximum atomic E-state index is 5.34. The molecule has 1 saturated carbocycles. The molecule has 1 N–H and O–H groups in total. The number of hydrogen-bond donors (Lipinski definition) is 1. The largest absolute Gasteiger partial charge is 0.382 e. The molecule has 2 heteroatoms. The maximum absolute atomic E-state index is 5.34. The molecule has 1 aliphatic carbocycles. The van der Waals surface area contributed by atoms with Crippen molar-refractivity contribution >= 4 is 0 Å². The van der Waals surface area contributed by atoms with Crippen molar-refractivity contribution in [1.29, 1.82) is 0 Å². The monoisotopic (exact) mass is 199 g/mol. The van der Waals surface area contributed by atoms with Gasteiger partial charge in [-0.15, -0.1) is 0 Å². The number of hydrogen-bond acceptors (Lipinski definition) is 2. The lowest BCUT2D eigenvalue weighted by atomic mass is 9.78. The smallest absolute Gasteiger partial charge is 0.0558 e. The van der Waals surface area contributed by atoms with Crippen LogP contribution >= 0.6 is 0 Å². The standard InChI is InChI=1S/C12H25NO/c1-4-8-13-12(9-10(2)14-3)11-6-5-7-11/h10-13H,4-9H2,1-3H3. The van der Waals surface area contributed by atoms with E-state index in [1.165, 1.54) is 32.1 Å². The third-order valence-electron chi connectivity index (χ3n) is 3.36. The molecule has 0 saturated heterocycles. The highest BCUT2D eigenvalue weighted by Gasteiger charge is 2.27. The summed E-state index contributed by atoms with van der Waals surface area (Å²) in [7, 11) is 1.81. The van der Waals surface area contributed by atoms with Gasteiger partial charge in [-0.1, -0.05) is 13.3 Å². The van der Waals surface area contributed by atoms with E-state index in [1.807, 2.05) is 7.11 Å². The average molecular weight is 199 g/mol. The van der Waals surface area contributed by atoms with Crippen LogP contribution in [0, 0.1) is 5.92 Å². The van der Waals surface area contributed by atoms with Crippen molar-refractivity contribution < 1.29 is 4.74 Å². The summed E-state index contributed by atoms with van der Waals surface area (Å²) in [4.78, 5) is 0. The second kappa shape index (κ2) is 6.41. The Bertz CT molecular complexity index is 145. The Kier molecular flexibility index (Phi) is 5.49. The third kappa shape index (κ3) is 3.58. The van der Waals surface area contributed by atoms with Crippen molar-refractivity contribution in [3.8, 4) is 0 Å². The van der Waals surface area contributed by atoms with E-state index in [2.05, 4.69) is 19.2 Å². The first-order valence-electron chi connectivity index (χ1n) is 6.04. The Morgan fingerprint density at radius 1 is 1.43 bits per heavy atom. The normalized spacial score (nSPS) is 21.6. The molecular formula is C12H25NO. The lowest BCUT2D eigenvalue weighted by molar-refractivity contribution is 0.0816. The molecule has 1 rings (SSSR count). The van der Waals surface area contributed by atoms with E-state index >= 15 is 0 Å². The summed E-state index contributed by atoms with van der Waals surface area (Å²) in [5, 5.41) is 3.66. The molecule has 14 heavy (non-hydrogen) atoms. The van der Waals surface area contributed by atoms with Gasteiger partial charge in [-0.2, -0.15) is 0 Å². The second-order valence-electron chi connectivity index (χ2n) is 4.53. The molecule has 1 aliphatic rings. The lowest BCUT2D eigenvalue weighted by Crippen LogP contribution is -2.42. The summed E-state index contributed by atoms with van der Waals surface area (Å²) in [5.74, 6) is 0.916. The van der Waals surface area contributed by atoms with E-state index in [1.54, 1.807) is 0 Å². The molecule has 2 atom stereocenters. The minimum Gasteiger partial charge on any atom is -0.382 e. The highest BCUT2D eigenvalue weighted by molar-refractivity contribution is 4.83. The maximum Gasteiger partial charge on any atom is 0.0558 e. The van der Waals surface area contributed by atoms with Crippen molar-refractivity contribution in [2.45, 2.75) is 58.1 Å². The minimum absolute atomic E-state index is 0.393. The topological polar surface area (TPSA) is 21.3 Å². The highest BCUT2D eigenvalue weighted by Crippen LogP contribution is 2.31. The van der Waals surface area contributed by atoms with E-state index in [9.17, 15) is 0 Å². The zero-order valence-electron chi connectivity index (χ0n) is 9.88. The van der Waals surface area contributed by atoms with Crippen LogP contribution in [0.1, 0.15) is 46.0 Å². The van der Waals surface area contributed by atoms with E-state index in [0.29, 0.717) is 12.1 Å². The molecule has 2 nitrogen and oxygen atoms in total. The van der Waals surface area contributed by atoms with Gasteiger partial charge in [-0.05, 0) is 45.1 Å². The predicted octanol–water partition coefficient (Wildman–Crippen LogP) is 2.58. The molecule has 0 radical (unpaired) electrons. The van der Waals surface area contributed by atoms with E-state index in [-0.39, 0.29) is 0 Å². The molecule has 0 amide bonds. The quantitative estimate of drug-likeness (QED) is 0.680. The van der Waals surface area contributed by atoms with Gasteiger partial charge in [0.2, 0.25) is 0 Å². The molecular weight excluding hydrogens is 174 g/mol. The van der Waals surface area contributed by atoms with Crippen LogP contribution in [0.3, 0.4) is 0 Å². The number of rotatable bonds is 7. The summed E-state index contributed by atoms with van der Waals surface area (Å²) in [6.07, 6.45) is 7.04. The molecule has 0 bridgehead atoms. The van der Waals surface area contributed by atoms with Gasteiger partial charge in [0.25, 0.3) is 0 Å². The average Bonchev–Trinajstić information content (AvgIpc) is 2.11. The SMILES string of the molecule is CCCNC(CC(C)OC)C1CCC1. The molecule has 0 spiro atoms.